The van der Waals surface area contributed by atoms with Crippen molar-refractivity contribution in [3.63, 3.8) is 0 Å². The van der Waals surface area contributed by atoms with E-state index in [4.69, 9.17) is 4.42 Å². The molecule has 3 N–H and O–H groups in total. The van der Waals surface area contributed by atoms with Crippen molar-refractivity contribution < 1.29 is 14.3 Å². The summed E-state index contributed by atoms with van der Waals surface area (Å²) in [5.74, 6) is 1.03. The third-order valence-corrected chi connectivity index (χ3v) is 5.41. The van der Waals surface area contributed by atoms with Crippen LogP contribution in [0.2, 0.25) is 0 Å². The summed E-state index contributed by atoms with van der Waals surface area (Å²) < 4.78 is 5.71. The van der Waals surface area contributed by atoms with Crippen LogP contribution in [0.4, 0.5) is 17.1 Å². The average Bonchev–Trinajstić information content (AvgIpc) is 3.06. The molecule has 0 saturated carbocycles. The Bertz CT molecular complexity index is 1190. The Labute approximate surface area is 173 Å². The number of anilines is 3. The van der Waals surface area contributed by atoms with Crippen molar-refractivity contribution in [1.29, 1.82) is 0 Å². The fourth-order valence-corrected chi connectivity index (χ4v) is 3.52. The summed E-state index contributed by atoms with van der Waals surface area (Å²) in [6.07, 6.45) is 1.71. The zero-order valence-electron chi connectivity index (χ0n) is 16.9. The van der Waals surface area contributed by atoms with Crippen LogP contribution in [0.15, 0.2) is 38.3 Å². The number of carbonyl (C=O) groups is 1. The quantitative estimate of drug-likeness (QED) is 0.299. The van der Waals surface area contributed by atoms with Crippen LogP contribution in [0, 0.1) is 0 Å². The molecule has 0 unspecified atom stereocenters. The number of nitrogens with zero attached hydrogens (tertiary/aromatic N) is 1. The number of hydrogen-bond acceptors (Lipinski definition) is 7. The molecule has 1 saturated heterocycles. The Morgan fingerprint density at radius 1 is 1.23 bits per heavy atom. The summed E-state index contributed by atoms with van der Waals surface area (Å²) in [7, 11) is 1.95. The normalized spacial score (nSPS) is 13.3. The second-order valence-electron chi connectivity index (χ2n) is 7.41. The van der Waals surface area contributed by atoms with Gasteiger partial charge in [-0.2, -0.15) is 0 Å². The Kier molecular flexibility index (Phi) is 5.11. The molecular weight excluding hydrogens is 385 g/mol. The number of para-hydroxylation sites is 1. The molecule has 8 nitrogen and oxygen atoms in total. The van der Waals surface area contributed by atoms with Crippen molar-refractivity contribution in [3.05, 3.63) is 61.8 Å². The molecule has 9 heteroatoms. The zero-order chi connectivity index (χ0) is 21.4. The van der Waals surface area contributed by atoms with Gasteiger partial charge in [-0.05, 0) is 30.1 Å². The maximum Gasteiger partial charge on any atom is 0.257 e. The van der Waals surface area contributed by atoms with Crippen LogP contribution in [-0.2, 0) is 13.0 Å². The summed E-state index contributed by atoms with van der Waals surface area (Å²) in [6, 6.07) is 6.59. The summed E-state index contributed by atoms with van der Waals surface area (Å²) in [4.78, 5) is 38.2. The third-order valence-electron chi connectivity index (χ3n) is 5.41. The van der Waals surface area contributed by atoms with Gasteiger partial charge in [0.25, 0.3) is 16.8 Å². The number of furan rings is 1. The highest BCUT2D eigenvalue weighted by Crippen LogP contribution is 2.32. The maximum absolute atomic E-state index is 12.4. The molecule has 1 aliphatic heterocycles. The topological polar surface area (TPSA) is 112 Å². The fourth-order valence-electron chi connectivity index (χ4n) is 3.52. The number of hydrogen-bond donors (Lipinski definition) is 3. The average molecular weight is 407 g/mol. The van der Waals surface area contributed by atoms with E-state index in [0.717, 1.165) is 24.1 Å². The van der Waals surface area contributed by atoms with E-state index < -0.39 is 10.9 Å². The van der Waals surface area contributed by atoms with Gasteiger partial charge in [0.15, 0.2) is 5.75 Å². The van der Waals surface area contributed by atoms with E-state index in [1.807, 2.05) is 20.8 Å². The molecule has 1 fully saturated rings. The van der Waals surface area contributed by atoms with Gasteiger partial charge < -0.3 is 25.1 Å². The van der Waals surface area contributed by atoms with E-state index in [0.29, 0.717) is 18.8 Å². The molecule has 30 heavy (non-hydrogen) atoms. The van der Waals surface area contributed by atoms with Crippen molar-refractivity contribution in [2.45, 2.75) is 26.3 Å². The van der Waals surface area contributed by atoms with E-state index in [1.165, 1.54) is 6.07 Å². The predicted molar refractivity (Wildman–Crippen MR) is 117 cm³/mol. The van der Waals surface area contributed by atoms with Gasteiger partial charge >= 0.3 is 0 Å². The molecular formula is C21H22BN3O5. The number of carbonyl (C=O) groups excluding carboxylic acids is 1. The van der Waals surface area contributed by atoms with Crippen LogP contribution in [0.25, 0.3) is 0 Å². The molecule has 0 atom stereocenters. The Balaban J connectivity index is 1.53. The molecule has 0 spiro atoms. The van der Waals surface area contributed by atoms with Gasteiger partial charge in [-0.3, -0.25) is 14.4 Å². The van der Waals surface area contributed by atoms with Gasteiger partial charge in [-0.15, -0.1) is 0 Å². The van der Waals surface area contributed by atoms with Crippen molar-refractivity contribution in [2.75, 3.05) is 23.7 Å². The van der Waals surface area contributed by atoms with Gasteiger partial charge in [0.2, 0.25) is 0 Å². The molecule has 1 aromatic heterocycles. The maximum atomic E-state index is 12.4. The van der Waals surface area contributed by atoms with Crippen LogP contribution in [-0.4, -0.2) is 36.8 Å². The molecule has 0 radical (unpaired) electrons. The molecule has 2 aromatic carbocycles. The van der Waals surface area contributed by atoms with Gasteiger partial charge in [-0.1, -0.05) is 13.0 Å². The first kappa shape index (κ1) is 19.8. The second kappa shape index (κ2) is 7.74. The number of aryl methyl sites for hydroxylation is 1. The van der Waals surface area contributed by atoms with Crippen LogP contribution in [0.3, 0.4) is 0 Å². The molecule has 3 aromatic rings. The van der Waals surface area contributed by atoms with E-state index >= 15 is 0 Å². The lowest BCUT2D eigenvalue weighted by Crippen LogP contribution is -2.42. The van der Waals surface area contributed by atoms with E-state index in [9.17, 15) is 19.5 Å². The van der Waals surface area contributed by atoms with Crippen LogP contribution >= 0.6 is 0 Å². The first-order chi connectivity index (χ1) is 14.4. The molecule has 0 bridgehead atoms. The highest BCUT2D eigenvalue weighted by atomic mass is 16.3. The van der Waals surface area contributed by atoms with E-state index in [1.54, 1.807) is 17.0 Å². The van der Waals surface area contributed by atoms with Gasteiger partial charge in [0, 0.05) is 19.5 Å². The third kappa shape index (κ3) is 3.36. The Morgan fingerprint density at radius 2 is 1.97 bits per heavy atom. The highest BCUT2D eigenvalue weighted by Gasteiger charge is 2.26. The zero-order valence-corrected chi connectivity index (χ0v) is 16.9. The number of phenols is 1. The smallest absolute Gasteiger partial charge is 0.257 e. The minimum absolute atomic E-state index is 0.0582. The van der Waals surface area contributed by atoms with Gasteiger partial charge in [0.05, 0.1) is 23.6 Å². The lowest BCUT2D eigenvalue weighted by molar-refractivity contribution is 0.0649. The highest BCUT2D eigenvalue weighted by molar-refractivity contribution is 6.33. The molecule has 1 aliphatic rings. The standard InChI is InChI=1S/C21H22BN3O5/c1-2-15-13(22)9-11(30-15)10-23-16-17(20(28)19(16)27)24-14-6-3-5-12(18(14)26)21(29)25-7-4-8-25/h3,5-6,9,23-24,26H,2,4,7-8,10,22H2,1H3. The van der Waals surface area contributed by atoms with Crippen molar-refractivity contribution in [2.24, 2.45) is 0 Å². The van der Waals surface area contributed by atoms with Crippen molar-refractivity contribution in [3.8, 4) is 5.75 Å². The van der Waals surface area contributed by atoms with E-state index in [-0.39, 0.29) is 40.8 Å². The van der Waals surface area contributed by atoms with Crippen molar-refractivity contribution >= 4 is 36.3 Å². The molecule has 1 amide bonds. The Hall–Kier alpha value is -3.49. The lowest BCUT2D eigenvalue weighted by atomic mass is 9.95. The predicted octanol–water partition coefficient (Wildman–Crippen LogP) is 0.604. The summed E-state index contributed by atoms with van der Waals surface area (Å²) in [5.41, 5.74) is 0.259. The fraction of sp³-hybridized carbons (Fsp3) is 0.286. The number of rotatable bonds is 7. The SMILES string of the molecule is Bc1cc(CNc2c(Nc3cccc(C(=O)N4CCC4)c3O)c(=O)c2=O)oc1CC. The minimum Gasteiger partial charge on any atom is -0.505 e. The Morgan fingerprint density at radius 3 is 2.60 bits per heavy atom. The summed E-state index contributed by atoms with van der Waals surface area (Å²) >= 11 is 0. The summed E-state index contributed by atoms with van der Waals surface area (Å²) in [5, 5.41) is 16.3. The monoisotopic (exact) mass is 407 g/mol. The number of amides is 1. The van der Waals surface area contributed by atoms with E-state index in [2.05, 4.69) is 10.6 Å². The number of benzene rings is 1. The minimum atomic E-state index is -0.679. The number of likely N-dealkylation sites (tertiary alicyclic amines) is 1. The lowest BCUT2D eigenvalue weighted by Gasteiger charge is -2.31. The largest absolute Gasteiger partial charge is 0.505 e. The van der Waals surface area contributed by atoms with Crippen LogP contribution < -0.4 is 27.0 Å². The molecule has 4 rings (SSSR count). The number of nitrogens with one attached hydrogen (secondary N) is 2. The first-order valence-corrected chi connectivity index (χ1v) is 9.94. The van der Waals surface area contributed by atoms with Crippen LogP contribution in [0.5, 0.6) is 5.75 Å². The summed E-state index contributed by atoms with van der Waals surface area (Å²) in [6.45, 7) is 3.57. The number of phenolic OH excluding ortho intramolecular Hbond substituents is 1. The van der Waals surface area contributed by atoms with Gasteiger partial charge in [-0.25, -0.2) is 0 Å². The van der Waals surface area contributed by atoms with Crippen molar-refractivity contribution in [1.82, 2.24) is 4.90 Å². The first-order valence-electron chi connectivity index (χ1n) is 9.94. The second-order valence-corrected chi connectivity index (χ2v) is 7.41. The molecule has 154 valence electrons. The molecule has 2 heterocycles. The van der Waals surface area contributed by atoms with Crippen LogP contribution in [0.1, 0.15) is 35.2 Å². The van der Waals surface area contributed by atoms with Gasteiger partial charge in [0.1, 0.15) is 25.0 Å². The molecule has 0 aliphatic carbocycles. The number of aromatic hydroxyl groups is 1.